The van der Waals surface area contributed by atoms with Crippen molar-refractivity contribution in [2.24, 2.45) is 5.73 Å². The summed E-state index contributed by atoms with van der Waals surface area (Å²) in [4.78, 5) is 4.86. The summed E-state index contributed by atoms with van der Waals surface area (Å²) >= 11 is 6.10. The molecule has 2 rings (SSSR count). The second kappa shape index (κ2) is 5.70. The molecular formula is C15H24ClN3. The second-order valence-electron chi connectivity index (χ2n) is 6.18. The molecule has 0 spiro atoms. The van der Waals surface area contributed by atoms with Crippen molar-refractivity contribution in [3.8, 4) is 0 Å². The molecule has 1 aliphatic heterocycles. The molecule has 106 valence electrons. The van der Waals surface area contributed by atoms with Crippen molar-refractivity contribution in [2.45, 2.75) is 26.3 Å². The first-order valence-corrected chi connectivity index (χ1v) is 7.25. The summed E-state index contributed by atoms with van der Waals surface area (Å²) < 4.78 is 0. The molecule has 1 aromatic carbocycles. The molecular weight excluding hydrogens is 258 g/mol. The molecule has 3 nitrogen and oxygen atoms in total. The van der Waals surface area contributed by atoms with Crippen molar-refractivity contribution in [2.75, 3.05) is 37.6 Å². The van der Waals surface area contributed by atoms with Crippen LogP contribution in [0.3, 0.4) is 0 Å². The number of hydrogen-bond acceptors (Lipinski definition) is 3. The van der Waals surface area contributed by atoms with E-state index >= 15 is 0 Å². The predicted octanol–water partition coefficient (Wildman–Crippen LogP) is 2.51. The van der Waals surface area contributed by atoms with E-state index in [1.807, 2.05) is 6.07 Å². The summed E-state index contributed by atoms with van der Waals surface area (Å²) in [5.41, 5.74) is 8.52. The molecule has 0 saturated carbocycles. The first-order chi connectivity index (χ1) is 8.85. The van der Waals surface area contributed by atoms with Crippen LogP contribution in [0.5, 0.6) is 0 Å². The minimum Gasteiger partial charge on any atom is -0.369 e. The lowest BCUT2D eigenvalue weighted by Crippen LogP contribution is -2.53. The molecule has 0 aromatic heterocycles. The Bertz CT molecular complexity index is 432. The molecule has 19 heavy (non-hydrogen) atoms. The average molecular weight is 282 g/mol. The van der Waals surface area contributed by atoms with Gasteiger partial charge in [-0.15, -0.1) is 0 Å². The number of piperazine rings is 1. The smallest absolute Gasteiger partial charge is 0.0426 e. The van der Waals surface area contributed by atoms with Crippen LogP contribution in [0.4, 0.5) is 5.69 Å². The van der Waals surface area contributed by atoms with Gasteiger partial charge in [-0.25, -0.2) is 0 Å². The van der Waals surface area contributed by atoms with Crippen LogP contribution in [0.1, 0.15) is 19.4 Å². The minimum absolute atomic E-state index is 0.117. The first kappa shape index (κ1) is 14.6. The highest BCUT2D eigenvalue weighted by molar-refractivity contribution is 6.30. The summed E-state index contributed by atoms with van der Waals surface area (Å²) in [6.45, 7) is 11.5. The molecule has 0 bridgehead atoms. The molecule has 0 radical (unpaired) electrons. The summed E-state index contributed by atoms with van der Waals surface area (Å²) in [5.74, 6) is 0. The molecule has 1 aliphatic rings. The van der Waals surface area contributed by atoms with E-state index in [1.54, 1.807) is 0 Å². The summed E-state index contributed by atoms with van der Waals surface area (Å²) in [5, 5.41) is 0.811. The highest BCUT2D eigenvalue weighted by Gasteiger charge is 2.22. The largest absolute Gasteiger partial charge is 0.369 e. The number of hydrogen-bond donors (Lipinski definition) is 1. The molecule has 1 aromatic rings. The standard InChI is InChI=1S/C15H24ClN3/c1-12-4-5-13(16)10-14(12)19-8-6-18(7-9-19)11-15(2,3)17/h4-5,10H,6-9,11,17H2,1-3H3. The van der Waals surface area contributed by atoms with Crippen LogP contribution >= 0.6 is 11.6 Å². The van der Waals surface area contributed by atoms with E-state index in [0.717, 1.165) is 37.7 Å². The Morgan fingerprint density at radius 3 is 2.42 bits per heavy atom. The Balaban J connectivity index is 1.98. The lowest BCUT2D eigenvalue weighted by Gasteiger charge is -2.39. The molecule has 4 heteroatoms. The van der Waals surface area contributed by atoms with Gasteiger partial charge in [0.15, 0.2) is 0 Å². The van der Waals surface area contributed by atoms with Crippen LogP contribution in [-0.2, 0) is 0 Å². The fourth-order valence-electron chi connectivity index (χ4n) is 2.65. The second-order valence-corrected chi connectivity index (χ2v) is 6.62. The van der Waals surface area contributed by atoms with Gasteiger partial charge in [-0.05, 0) is 38.5 Å². The normalized spacial score (nSPS) is 17.8. The van der Waals surface area contributed by atoms with E-state index in [1.165, 1.54) is 11.3 Å². The fraction of sp³-hybridized carbons (Fsp3) is 0.600. The third-order valence-corrected chi connectivity index (χ3v) is 3.75. The molecule has 0 aliphatic carbocycles. The van der Waals surface area contributed by atoms with Gasteiger partial charge in [0.2, 0.25) is 0 Å². The summed E-state index contributed by atoms with van der Waals surface area (Å²) in [6, 6.07) is 6.11. The predicted molar refractivity (Wildman–Crippen MR) is 83.1 cm³/mol. The van der Waals surface area contributed by atoms with E-state index in [-0.39, 0.29) is 5.54 Å². The third-order valence-electron chi connectivity index (χ3n) is 3.52. The molecule has 1 saturated heterocycles. The van der Waals surface area contributed by atoms with Crippen molar-refractivity contribution in [1.82, 2.24) is 4.90 Å². The van der Waals surface area contributed by atoms with Crippen molar-refractivity contribution in [3.63, 3.8) is 0 Å². The van der Waals surface area contributed by atoms with Gasteiger partial charge in [0.05, 0.1) is 0 Å². The fourth-order valence-corrected chi connectivity index (χ4v) is 2.81. The molecule has 1 fully saturated rings. The Kier molecular flexibility index (Phi) is 4.39. The van der Waals surface area contributed by atoms with Crippen molar-refractivity contribution in [1.29, 1.82) is 0 Å². The summed E-state index contributed by atoms with van der Waals surface area (Å²) in [7, 11) is 0. The average Bonchev–Trinajstić information content (AvgIpc) is 2.31. The van der Waals surface area contributed by atoms with E-state index in [0.29, 0.717) is 0 Å². The number of anilines is 1. The maximum absolute atomic E-state index is 6.10. The number of aryl methyl sites for hydroxylation is 1. The van der Waals surface area contributed by atoms with Gasteiger partial charge in [-0.1, -0.05) is 17.7 Å². The molecule has 0 atom stereocenters. The zero-order chi connectivity index (χ0) is 14.0. The van der Waals surface area contributed by atoms with Crippen LogP contribution in [0.15, 0.2) is 18.2 Å². The Morgan fingerprint density at radius 1 is 1.21 bits per heavy atom. The van der Waals surface area contributed by atoms with E-state index in [2.05, 4.69) is 42.7 Å². The minimum atomic E-state index is -0.117. The Hall–Kier alpha value is -0.770. The first-order valence-electron chi connectivity index (χ1n) is 6.87. The Morgan fingerprint density at radius 2 is 1.84 bits per heavy atom. The van der Waals surface area contributed by atoms with Crippen molar-refractivity contribution in [3.05, 3.63) is 28.8 Å². The van der Waals surface area contributed by atoms with Gasteiger partial charge >= 0.3 is 0 Å². The lowest BCUT2D eigenvalue weighted by molar-refractivity contribution is 0.214. The quantitative estimate of drug-likeness (QED) is 0.924. The zero-order valence-electron chi connectivity index (χ0n) is 12.1. The van der Waals surface area contributed by atoms with E-state index < -0.39 is 0 Å². The van der Waals surface area contributed by atoms with Gasteiger partial charge in [-0.3, -0.25) is 4.90 Å². The number of nitrogens with zero attached hydrogens (tertiary/aromatic N) is 2. The highest BCUT2D eigenvalue weighted by Crippen LogP contribution is 2.25. The van der Waals surface area contributed by atoms with Crippen LogP contribution in [0, 0.1) is 6.92 Å². The number of benzene rings is 1. The van der Waals surface area contributed by atoms with Crippen molar-refractivity contribution >= 4 is 17.3 Å². The van der Waals surface area contributed by atoms with E-state index in [4.69, 9.17) is 17.3 Å². The molecule has 0 unspecified atom stereocenters. The van der Waals surface area contributed by atoms with Crippen LogP contribution < -0.4 is 10.6 Å². The Labute approximate surface area is 121 Å². The topological polar surface area (TPSA) is 32.5 Å². The lowest BCUT2D eigenvalue weighted by atomic mass is 10.1. The number of nitrogens with two attached hydrogens (primary N) is 1. The van der Waals surface area contributed by atoms with Gasteiger partial charge in [0, 0.05) is 49.0 Å². The SMILES string of the molecule is Cc1ccc(Cl)cc1N1CCN(CC(C)(C)N)CC1. The van der Waals surface area contributed by atoms with Gasteiger partial charge in [-0.2, -0.15) is 0 Å². The monoisotopic (exact) mass is 281 g/mol. The molecule has 0 amide bonds. The number of halogens is 1. The third kappa shape index (κ3) is 4.10. The molecule has 1 heterocycles. The van der Waals surface area contributed by atoms with Gasteiger partial charge in [0.25, 0.3) is 0 Å². The molecule has 2 N–H and O–H groups in total. The van der Waals surface area contributed by atoms with Crippen LogP contribution in [0.25, 0.3) is 0 Å². The maximum atomic E-state index is 6.10. The number of rotatable bonds is 3. The van der Waals surface area contributed by atoms with E-state index in [9.17, 15) is 0 Å². The van der Waals surface area contributed by atoms with Crippen LogP contribution in [0.2, 0.25) is 5.02 Å². The van der Waals surface area contributed by atoms with Gasteiger partial charge in [0.1, 0.15) is 0 Å². The van der Waals surface area contributed by atoms with Crippen molar-refractivity contribution < 1.29 is 0 Å². The van der Waals surface area contributed by atoms with Crippen LogP contribution in [-0.4, -0.2) is 43.2 Å². The van der Waals surface area contributed by atoms with Gasteiger partial charge < -0.3 is 10.6 Å². The zero-order valence-corrected chi connectivity index (χ0v) is 12.9. The summed E-state index contributed by atoms with van der Waals surface area (Å²) in [6.07, 6.45) is 0. The maximum Gasteiger partial charge on any atom is 0.0426 e. The highest BCUT2D eigenvalue weighted by atomic mass is 35.5.